The maximum atomic E-state index is 5.53. The monoisotopic (exact) mass is 374 g/mol. The minimum atomic E-state index is 0.571. The molecular weight excluding hydrogens is 352 g/mol. The minimum absolute atomic E-state index is 0.571. The summed E-state index contributed by atoms with van der Waals surface area (Å²) in [6.45, 7) is 0. The van der Waals surface area contributed by atoms with Crippen molar-refractivity contribution in [1.29, 1.82) is 0 Å². The van der Waals surface area contributed by atoms with Gasteiger partial charge < -0.3 is 18.6 Å². The lowest BCUT2D eigenvalue weighted by Crippen LogP contribution is -1.98. The molecule has 0 radical (unpaired) electrons. The van der Waals surface area contributed by atoms with Gasteiger partial charge in [0.2, 0.25) is 5.75 Å². The second-order valence-electron chi connectivity index (χ2n) is 6.41. The molecule has 28 heavy (non-hydrogen) atoms. The van der Waals surface area contributed by atoms with Crippen LogP contribution in [0.5, 0.6) is 17.2 Å². The average Bonchev–Trinajstić information content (AvgIpc) is 3.11. The first-order chi connectivity index (χ1) is 13.7. The third-order valence-electron chi connectivity index (χ3n) is 4.78. The molecule has 4 rings (SSSR count). The topological polar surface area (TPSA) is 45.0 Å². The second-order valence-corrected chi connectivity index (χ2v) is 6.41. The molecule has 5 nitrogen and oxygen atoms in total. The van der Waals surface area contributed by atoms with E-state index in [9.17, 15) is 0 Å². The lowest BCUT2D eigenvalue weighted by molar-refractivity contribution is 0.324. The summed E-state index contributed by atoms with van der Waals surface area (Å²) in [6, 6.07) is 20.3. The zero-order valence-electron chi connectivity index (χ0n) is 16.2. The Morgan fingerprint density at radius 1 is 0.821 bits per heavy atom. The highest BCUT2D eigenvalue weighted by Gasteiger charge is 2.19. The summed E-state index contributed by atoms with van der Waals surface area (Å²) in [5, 5.41) is 0. The Balaban J connectivity index is 1.92. The van der Waals surface area contributed by atoms with E-state index in [4.69, 9.17) is 19.2 Å². The van der Waals surface area contributed by atoms with Gasteiger partial charge in [0, 0.05) is 18.2 Å². The first-order valence-corrected chi connectivity index (χ1v) is 9.05. The molecule has 142 valence electrons. The van der Waals surface area contributed by atoms with Crippen molar-refractivity contribution in [2.45, 2.75) is 6.42 Å². The Bertz CT molecular complexity index is 1080. The number of methoxy groups -OCH3 is 3. The second kappa shape index (κ2) is 7.64. The Morgan fingerprint density at radius 3 is 2.14 bits per heavy atom. The molecule has 0 fully saturated rings. The summed E-state index contributed by atoms with van der Waals surface area (Å²) in [5.74, 6) is 1.79. The van der Waals surface area contributed by atoms with Crippen LogP contribution in [0.25, 0.3) is 16.9 Å². The van der Waals surface area contributed by atoms with Gasteiger partial charge in [-0.25, -0.2) is 4.98 Å². The van der Waals surface area contributed by atoms with E-state index >= 15 is 0 Å². The quantitative estimate of drug-likeness (QED) is 0.494. The molecule has 0 spiro atoms. The van der Waals surface area contributed by atoms with Gasteiger partial charge in [-0.15, -0.1) is 0 Å². The van der Waals surface area contributed by atoms with Gasteiger partial charge in [-0.1, -0.05) is 36.4 Å². The van der Waals surface area contributed by atoms with Crippen LogP contribution in [0.4, 0.5) is 0 Å². The van der Waals surface area contributed by atoms with Crippen LogP contribution in [0.1, 0.15) is 11.3 Å². The molecule has 0 N–H and O–H groups in total. The molecule has 0 aliphatic carbocycles. The van der Waals surface area contributed by atoms with Crippen molar-refractivity contribution >= 4 is 5.65 Å². The first kappa shape index (κ1) is 17.9. The summed E-state index contributed by atoms with van der Waals surface area (Å²) in [6.07, 6.45) is 2.81. The van der Waals surface area contributed by atoms with Crippen LogP contribution in [0, 0.1) is 0 Å². The molecule has 0 aliphatic rings. The maximum absolute atomic E-state index is 5.53. The number of rotatable bonds is 6. The number of hydrogen-bond acceptors (Lipinski definition) is 4. The van der Waals surface area contributed by atoms with Crippen LogP contribution in [0.15, 0.2) is 66.9 Å². The van der Waals surface area contributed by atoms with Gasteiger partial charge in [0.15, 0.2) is 11.5 Å². The smallest absolute Gasteiger partial charge is 0.203 e. The molecule has 2 aromatic heterocycles. The average molecular weight is 374 g/mol. The van der Waals surface area contributed by atoms with Crippen LogP contribution in [-0.2, 0) is 6.42 Å². The van der Waals surface area contributed by atoms with E-state index in [1.807, 2.05) is 42.6 Å². The van der Waals surface area contributed by atoms with Gasteiger partial charge >= 0.3 is 0 Å². The summed E-state index contributed by atoms with van der Waals surface area (Å²) in [4.78, 5) is 4.90. The van der Waals surface area contributed by atoms with E-state index in [2.05, 4.69) is 28.7 Å². The van der Waals surface area contributed by atoms with Crippen LogP contribution < -0.4 is 14.2 Å². The highest BCUT2D eigenvalue weighted by molar-refractivity contribution is 5.73. The lowest BCUT2D eigenvalue weighted by atomic mass is 10.0. The third kappa shape index (κ3) is 3.16. The Kier molecular flexibility index (Phi) is 4.89. The Hall–Kier alpha value is -3.47. The zero-order valence-corrected chi connectivity index (χ0v) is 16.2. The molecular formula is C23H22N2O3. The molecule has 0 aliphatic heterocycles. The minimum Gasteiger partial charge on any atom is -0.493 e. The van der Waals surface area contributed by atoms with Crippen molar-refractivity contribution in [3.8, 4) is 28.5 Å². The fourth-order valence-electron chi connectivity index (χ4n) is 3.45. The van der Waals surface area contributed by atoms with Crippen molar-refractivity contribution in [3.63, 3.8) is 0 Å². The number of hydrogen-bond donors (Lipinski definition) is 0. The molecule has 0 saturated heterocycles. The number of aromatic nitrogens is 2. The summed E-state index contributed by atoms with van der Waals surface area (Å²) >= 11 is 0. The number of fused-ring (bicyclic) bond motifs is 1. The zero-order chi connectivity index (χ0) is 19.5. The molecule has 5 heteroatoms. The molecule has 2 heterocycles. The number of nitrogens with zero attached hydrogens (tertiary/aromatic N) is 2. The first-order valence-electron chi connectivity index (χ1n) is 9.05. The number of imidazole rings is 1. The highest BCUT2D eigenvalue weighted by Crippen LogP contribution is 2.42. The van der Waals surface area contributed by atoms with Gasteiger partial charge in [0.05, 0.1) is 32.7 Å². The Morgan fingerprint density at radius 2 is 1.50 bits per heavy atom. The van der Waals surface area contributed by atoms with Crippen molar-refractivity contribution < 1.29 is 14.2 Å². The SMILES string of the molecule is COc1cc(-c2nc3ccccn3c2Cc2ccccc2)cc(OC)c1OC. The molecule has 0 unspecified atom stereocenters. The van der Waals surface area contributed by atoms with Gasteiger partial charge in [0.25, 0.3) is 0 Å². The number of benzene rings is 2. The summed E-state index contributed by atoms with van der Waals surface area (Å²) in [5.41, 5.74) is 5.05. The number of ether oxygens (including phenoxy) is 3. The van der Waals surface area contributed by atoms with Crippen LogP contribution in [-0.4, -0.2) is 30.7 Å². The van der Waals surface area contributed by atoms with Gasteiger partial charge in [-0.3, -0.25) is 0 Å². The predicted octanol–water partition coefficient (Wildman–Crippen LogP) is 4.62. The molecule has 0 bridgehead atoms. The largest absolute Gasteiger partial charge is 0.493 e. The van der Waals surface area contributed by atoms with Gasteiger partial charge in [-0.05, 0) is 29.8 Å². The van der Waals surface area contributed by atoms with E-state index in [1.165, 1.54) is 5.56 Å². The van der Waals surface area contributed by atoms with Gasteiger partial charge in [-0.2, -0.15) is 0 Å². The molecule has 0 amide bonds. The third-order valence-corrected chi connectivity index (χ3v) is 4.78. The Labute approximate surface area is 164 Å². The van der Waals surface area contributed by atoms with E-state index in [1.54, 1.807) is 21.3 Å². The molecule has 4 aromatic rings. The molecule has 0 atom stereocenters. The van der Waals surface area contributed by atoms with Crippen molar-refractivity contribution in [3.05, 3.63) is 78.1 Å². The summed E-state index contributed by atoms with van der Waals surface area (Å²) in [7, 11) is 4.84. The highest BCUT2D eigenvalue weighted by atomic mass is 16.5. The van der Waals surface area contributed by atoms with Crippen molar-refractivity contribution in [2.75, 3.05) is 21.3 Å². The molecule has 0 saturated carbocycles. The van der Waals surface area contributed by atoms with Crippen molar-refractivity contribution in [2.24, 2.45) is 0 Å². The van der Waals surface area contributed by atoms with Crippen LogP contribution in [0.2, 0.25) is 0 Å². The van der Waals surface area contributed by atoms with E-state index in [0.29, 0.717) is 17.2 Å². The lowest BCUT2D eigenvalue weighted by Gasteiger charge is -2.14. The van der Waals surface area contributed by atoms with E-state index in [0.717, 1.165) is 29.0 Å². The van der Waals surface area contributed by atoms with E-state index < -0.39 is 0 Å². The van der Waals surface area contributed by atoms with Gasteiger partial charge in [0.1, 0.15) is 5.65 Å². The fraction of sp³-hybridized carbons (Fsp3) is 0.174. The standard InChI is InChI=1S/C23H22N2O3/c1-26-19-14-17(15-20(27-2)23(19)28-3)22-18(13-16-9-5-4-6-10-16)25-12-8-7-11-21(25)24-22/h4-12,14-15H,13H2,1-3H3. The predicted molar refractivity (Wildman–Crippen MR) is 110 cm³/mol. The fourth-order valence-corrected chi connectivity index (χ4v) is 3.45. The van der Waals surface area contributed by atoms with Crippen LogP contribution in [0.3, 0.4) is 0 Å². The van der Waals surface area contributed by atoms with E-state index in [-0.39, 0.29) is 0 Å². The number of pyridine rings is 1. The maximum Gasteiger partial charge on any atom is 0.203 e. The van der Waals surface area contributed by atoms with Crippen molar-refractivity contribution in [1.82, 2.24) is 9.38 Å². The normalized spacial score (nSPS) is 10.8. The summed E-state index contributed by atoms with van der Waals surface area (Å²) < 4.78 is 18.7. The molecule has 2 aromatic carbocycles. The van der Waals surface area contributed by atoms with Crippen LogP contribution >= 0.6 is 0 Å².